The molecule has 2 atom stereocenters. The van der Waals surface area contributed by atoms with Gasteiger partial charge in [-0.05, 0) is 17.9 Å². The van der Waals surface area contributed by atoms with E-state index in [9.17, 15) is 37.8 Å². The van der Waals surface area contributed by atoms with Crippen LogP contribution in [0.1, 0.15) is 17.7 Å². The largest absolute Gasteiger partial charge is 0.490 e. The number of nitrogens with one attached hydrogen (secondary N) is 1. The molecule has 0 bridgehead atoms. The van der Waals surface area contributed by atoms with Crippen molar-refractivity contribution in [3.63, 3.8) is 0 Å². The first-order valence-corrected chi connectivity index (χ1v) is 9.50. The van der Waals surface area contributed by atoms with Gasteiger partial charge in [0.25, 0.3) is 0 Å². The van der Waals surface area contributed by atoms with Crippen LogP contribution in [0.25, 0.3) is 0 Å². The number of rotatable bonds is 7. The molecule has 2 heterocycles. The molecule has 1 amide bonds. The zero-order valence-corrected chi connectivity index (χ0v) is 16.3. The summed E-state index contributed by atoms with van der Waals surface area (Å²) in [4.78, 5) is 46.4. The molecule has 13 heteroatoms. The van der Waals surface area contributed by atoms with Gasteiger partial charge in [0.05, 0.1) is 17.4 Å². The summed E-state index contributed by atoms with van der Waals surface area (Å²) in [6, 6.07) is 3.85. The highest BCUT2D eigenvalue weighted by molar-refractivity contribution is 7.09. The third kappa shape index (κ3) is 4.90. The lowest BCUT2D eigenvalue weighted by Gasteiger charge is -2.19. The second-order valence-corrected chi connectivity index (χ2v) is 8.10. The molecule has 1 aliphatic carbocycles. The van der Waals surface area contributed by atoms with E-state index in [-0.39, 0.29) is 31.8 Å². The van der Waals surface area contributed by atoms with Crippen molar-refractivity contribution in [3.8, 4) is 0 Å². The summed E-state index contributed by atoms with van der Waals surface area (Å²) in [5, 5.41) is 30.6. The summed E-state index contributed by atoms with van der Waals surface area (Å²) < 4.78 is 31.7. The third-order valence-corrected chi connectivity index (χ3v) is 6.01. The molecule has 1 aromatic rings. The number of nitrogens with zero attached hydrogens (tertiary/aromatic N) is 1. The van der Waals surface area contributed by atoms with Crippen LogP contribution in [-0.2, 0) is 25.7 Å². The Hall–Kier alpha value is -2.67. The first-order chi connectivity index (χ1) is 13.8. The van der Waals surface area contributed by atoms with Gasteiger partial charge >= 0.3 is 24.1 Å². The molecule has 2 aliphatic rings. The number of carbonyl (C=O) groups is 4. The summed E-state index contributed by atoms with van der Waals surface area (Å²) in [6.45, 7) is 1.26. The molecule has 1 aromatic heterocycles. The van der Waals surface area contributed by atoms with Gasteiger partial charge in [0.15, 0.2) is 0 Å². The standard InChI is InChI=1S/C15H18N2O5S.C2HF3O2/c18-11(16-6-10-2-1-5-23-10)3-4-17-8-14(12(19)20)7-15(14,9-17)13(21)22;3-2(4,5)1(6)7/h1-2,5H,3-4,6-9H2,(H,16,18)(H,19,20)(H,21,22);(H,6,7)/t14-,15+;. The summed E-state index contributed by atoms with van der Waals surface area (Å²) in [7, 11) is 0. The van der Waals surface area contributed by atoms with Gasteiger partial charge in [-0.2, -0.15) is 13.2 Å². The number of thiophene rings is 1. The fraction of sp³-hybridized carbons (Fsp3) is 0.529. The van der Waals surface area contributed by atoms with Gasteiger partial charge in [-0.1, -0.05) is 6.07 Å². The summed E-state index contributed by atoms with van der Waals surface area (Å²) in [6.07, 6.45) is -4.66. The lowest BCUT2D eigenvalue weighted by atomic mass is 9.97. The first kappa shape index (κ1) is 23.6. The van der Waals surface area contributed by atoms with Crippen molar-refractivity contribution in [1.29, 1.82) is 0 Å². The molecule has 0 radical (unpaired) electrons. The highest BCUT2D eigenvalue weighted by atomic mass is 32.1. The van der Waals surface area contributed by atoms with Crippen LogP contribution in [0, 0.1) is 10.8 Å². The molecule has 0 spiro atoms. The highest BCUT2D eigenvalue weighted by Gasteiger charge is 2.80. The van der Waals surface area contributed by atoms with Crippen LogP contribution in [0.15, 0.2) is 17.5 Å². The van der Waals surface area contributed by atoms with Crippen molar-refractivity contribution >= 4 is 35.2 Å². The lowest BCUT2D eigenvalue weighted by Crippen LogP contribution is -2.33. The predicted octanol–water partition coefficient (Wildman–Crippen LogP) is 1.25. The van der Waals surface area contributed by atoms with Crippen LogP contribution in [0.4, 0.5) is 13.2 Å². The smallest absolute Gasteiger partial charge is 0.481 e. The van der Waals surface area contributed by atoms with Crippen LogP contribution in [-0.4, -0.2) is 69.8 Å². The van der Waals surface area contributed by atoms with Gasteiger partial charge in [0.1, 0.15) is 0 Å². The number of hydrogen-bond donors (Lipinski definition) is 4. The maximum atomic E-state index is 11.8. The average Bonchev–Trinajstić information content (AvgIpc) is 2.98. The van der Waals surface area contributed by atoms with Gasteiger partial charge in [0, 0.05) is 30.9 Å². The van der Waals surface area contributed by atoms with E-state index in [1.165, 1.54) is 0 Å². The van der Waals surface area contributed by atoms with Crippen molar-refractivity contribution in [2.24, 2.45) is 10.8 Å². The van der Waals surface area contributed by atoms with Crippen molar-refractivity contribution in [1.82, 2.24) is 10.2 Å². The molecule has 3 rings (SSSR count). The minimum Gasteiger partial charge on any atom is -0.481 e. The second kappa shape index (κ2) is 8.60. The number of likely N-dealkylation sites (tertiary alicyclic amines) is 1. The zero-order chi connectivity index (χ0) is 22.7. The number of piperidine rings is 1. The van der Waals surface area contributed by atoms with E-state index in [0.29, 0.717) is 13.1 Å². The SMILES string of the molecule is O=C(CCN1C[C@@]2(C(=O)O)C[C@@]2(C(=O)O)C1)NCc1cccs1.O=C(O)C(F)(F)F. The molecule has 30 heavy (non-hydrogen) atoms. The predicted molar refractivity (Wildman–Crippen MR) is 95.7 cm³/mol. The minimum atomic E-state index is -5.08. The van der Waals surface area contributed by atoms with Crippen molar-refractivity contribution < 1.29 is 47.7 Å². The van der Waals surface area contributed by atoms with Crippen LogP contribution < -0.4 is 5.32 Å². The first-order valence-electron chi connectivity index (χ1n) is 8.62. The van der Waals surface area contributed by atoms with E-state index in [1.54, 1.807) is 16.2 Å². The monoisotopic (exact) mass is 452 g/mol. The summed E-state index contributed by atoms with van der Waals surface area (Å²) >= 11 is 1.56. The van der Waals surface area contributed by atoms with Crippen molar-refractivity contribution in [2.45, 2.75) is 25.6 Å². The molecule has 1 saturated heterocycles. The van der Waals surface area contributed by atoms with Crippen LogP contribution in [0.2, 0.25) is 0 Å². The molecule has 166 valence electrons. The Morgan fingerprint density at radius 3 is 2.03 bits per heavy atom. The average molecular weight is 452 g/mol. The Kier molecular flexibility index (Phi) is 6.76. The number of fused-ring (bicyclic) bond motifs is 1. The van der Waals surface area contributed by atoms with Gasteiger partial charge in [-0.15, -0.1) is 11.3 Å². The third-order valence-electron chi connectivity index (χ3n) is 5.14. The van der Waals surface area contributed by atoms with E-state index in [2.05, 4.69) is 5.32 Å². The number of carboxylic acid groups (broad SMARTS) is 3. The Balaban J connectivity index is 0.000000396. The number of hydrogen-bond acceptors (Lipinski definition) is 6. The maximum Gasteiger partial charge on any atom is 0.490 e. The zero-order valence-electron chi connectivity index (χ0n) is 15.4. The molecule has 2 fully saturated rings. The minimum absolute atomic E-state index is 0.118. The number of carboxylic acids is 3. The molecule has 0 aromatic carbocycles. The Bertz CT molecular complexity index is 802. The van der Waals surface area contributed by atoms with E-state index in [0.717, 1.165) is 4.88 Å². The van der Waals surface area contributed by atoms with Gasteiger partial charge < -0.3 is 25.5 Å². The topological polar surface area (TPSA) is 144 Å². The number of amides is 1. The van der Waals surface area contributed by atoms with E-state index in [4.69, 9.17) is 9.90 Å². The van der Waals surface area contributed by atoms with Gasteiger partial charge in [-0.3, -0.25) is 14.4 Å². The summed E-state index contributed by atoms with van der Waals surface area (Å²) in [5.41, 5.74) is -2.35. The van der Waals surface area contributed by atoms with E-state index in [1.807, 2.05) is 17.5 Å². The molecule has 1 saturated carbocycles. The van der Waals surface area contributed by atoms with E-state index >= 15 is 0 Å². The van der Waals surface area contributed by atoms with Gasteiger partial charge in [0.2, 0.25) is 5.91 Å². The maximum absolute atomic E-state index is 11.8. The molecular weight excluding hydrogens is 433 g/mol. The Morgan fingerprint density at radius 1 is 1.10 bits per heavy atom. The highest BCUT2D eigenvalue weighted by Crippen LogP contribution is 2.68. The lowest BCUT2D eigenvalue weighted by molar-refractivity contribution is -0.192. The fourth-order valence-corrected chi connectivity index (χ4v) is 4.15. The second-order valence-electron chi connectivity index (χ2n) is 7.07. The van der Waals surface area contributed by atoms with E-state index < -0.39 is 34.9 Å². The van der Waals surface area contributed by atoms with Crippen LogP contribution in [0.3, 0.4) is 0 Å². The Labute approximate surface area is 172 Å². The van der Waals surface area contributed by atoms with Crippen molar-refractivity contribution in [3.05, 3.63) is 22.4 Å². The number of aliphatic carboxylic acids is 3. The molecule has 4 N–H and O–H groups in total. The Morgan fingerprint density at radius 2 is 1.63 bits per heavy atom. The van der Waals surface area contributed by atoms with Crippen LogP contribution in [0.5, 0.6) is 0 Å². The normalized spacial score (nSPS) is 24.9. The van der Waals surface area contributed by atoms with Gasteiger partial charge in [-0.25, -0.2) is 4.79 Å². The molecule has 1 aliphatic heterocycles. The van der Waals surface area contributed by atoms with Crippen LogP contribution >= 0.6 is 11.3 Å². The quantitative estimate of drug-likeness (QED) is 0.484. The number of alkyl halides is 3. The fourth-order valence-electron chi connectivity index (χ4n) is 3.51. The molecule has 0 unspecified atom stereocenters. The molecule has 9 nitrogen and oxygen atoms in total. The van der Waals surface area contributed by atoms with Crippen molar-refractivity contribution in [2.75, 3.05) is 19.6 Å². The number of carbonyl (C=O) groups excluding carboxylic acids is 1. The number of halogens is 3. The summed E-state index contributed by atoms with van der Waals surface area (Å²) in [5.74, 6) is -4.98. The molecular formula is C17H19F3N2O7S.